The summed E-state index contributed by atoms with van der Waals surface area (Å²) in [5, 5.41) is 3.67. The van der Waals surface area contributed by atoms with E-state index in [1.54, 1.807) is 13.2 Å². The minimum Gasteiger partial charge on any atom is -0.383 e. The molecule has 1 aliphatic rings. The smallest absolute Gasteiger partial charge is 0.142 e. The van der Waals surface area contributed by atoms with Crippen molar-refractivity contribution in [3.05, 3.63) is 34.6 Å². The number of ether oxygens (including phenoxy) is 1. The van der Waals surface area contributed by atoms with Crippen LogP contribution in [0, 0.1) is 5.82 Å². The summed E-state index contributed by atoms with van der Waals surface area (Å²) in [6.45, 7) is 4.31. The van der Waals surface area contributed by atoms with Gasteiger partial charge >= 0.3 is 0 Å². The maximum atomic E-state index is 13.5. The molecule has 20 heavy (non-hydrogen) atoms. The first kappa shape index (κ1) is 15.7. The number of nitrogens with zero attached hydrogens (tertiary/aromatic N) is 1. The summed E-state index contributed by atoms with van der Waals surface area (Å²) in [5.74, 6) is -0.352. The lowest BCUT2D eigenvalue weighted by Gasteiger charge is -2.25. The Morgan fingerprint density at radius 2 is 2.35 bits per heavy atom. The molecule has 1 atom stereocenters. The van der Waals surface area contributed by atoms with E-state index in [2.05, 4.69) is 10.2 Å². The molecule has 0 aromatic heterocycles. The molecule has 1 aliphatic heterocycles. The van der Waals surface area contributed by atoms with E-state index < -0.39 is 0 Å². The van der Waals surface area contributed by atoms with E-state index in [0.717, 1.165) is 31.7 Å². The molecule has 1 unspecified atom stereocenters. The Morgan fingerprint density at radius 1 is 1.50 bits per heavy atom. The van der Waals surface area contributed by atoms with Gasteiger partial charge in [-0.3, -0.25) is 4.90 Å². The molecule has 112 valence electrons. The predicted molar refractivity (Wildman–Crippen MR) is 79.6 cm³/mol. The fourth-order valence-corrected chi connectivity index (χ4v) is 2.69. The summed E-state index contributed by atoms with van der Waals surface area (Å²) in [5.41, 5.74) is 0.945. The Bertz CT molecular complexity index is 424. The van der Waals surface area contributed by atoms with E-state index in [-0.39, 0.29) is 10.8 Å². The van der Waals surface area contributed by atoms with Crippen LogP contribution in [0.3, 0.4) is 0 Å². The van der Waals surface area contributed by atoms with Gasteiger partial charge in [0.15, 0.2) is 0 Å². The number of benzene rings is 1. The highest BCUT2D eigenvalue weighted by Gasteiger charge is 2.18. The van der Waals surface area contributed by atoms with E-state index in [0.29, 0.717) is 12.6 Å². The molecule has 0 aliphatic carbocycles. The fraction of sp³-hybridized carbons (Fsp3) is 0.600. The Labute approximate surface area is 125 Å². The Balaban J connectivity index is 1.95. The van der Waals surface area contributed by atoms with E-state index in [1.807, 2.05) is 6.07 Å². The Kier molecular flexibility index (Phi) is 6.23. The average Bonchev–Trinajstić information content (AvgIpc) is 2.93. The molecule has 2 rings (SSSR count). The molecule has 1 aromatic rings. The third kappa shape index (κ3) is 4.70. The van der Waals surface area contributed by atoms with Crippen molar-refractivity contribution in [2.24, 2.45) is 0 Å². The Morgan fingerprint density at radius 3 is 3.00 bits per heavy atom. The van der Waals surface area contributed by atoms with Crippen LogP contribution in [0.4, 0.5) is 4.39 Å². The maximum absolute atomic E-state index is 13.5. The van der Waals surface area contributed by atoms with E-state index in [4.69, 9.17) is 16.3 Å². The number of nitrogens with one attached hydrogen (secondary N) is 1. The molecule has 3 nitrogen and oxygen atoms in total. The van der Waals surface area contributed by atoms with Gasteiger partial charge in [0.1, 0.15) is 5.82 Å². The van der Waals surface area contributed by atoms with Crippen molar-refractivity contribution < 1.29 is 9.13 Å². The average molecular weight is 301 g/mol. The molecule has 1 N–H and O–H groups in total. The van der Waals surface area contributed by atoms with Gasteiger partial charge in [-0.25, -0.2) is 4.39 Å². The zero-order chi connectivity index (χ0) is 14.4. The van der Waals surface area contributed by atoms with Crippen molar-refractivity contribution in [2.75, 3.05) is 33.4 Å². The zero-order valence-corrected chi connectivity index (χ0v) is 12.6. The third-order valence-corrected chi connectivity index (χ3v) is 3.95. The molecular formula is C15H22ClFN2O. The summed E-state index contributed by atoms with van der Waals surface area (Å²) in [4.78, 5) is 2.30. The van der Waals surface area contributed by atoms with E-state index in [9.17, 15) is 4.39 Å². The van der Waals surface area contributed by atoms with Crippen LogP contribution in [0.5, 0.6) is 0 Å². The maximum Gasteiger partial charge on any atom is 0.142 e. The molecule has 5 heteroatoms. The van der Waals surface area contributed by atoms with Crippen LogP contribution in [-0.2, 0) is 11.3 Å². The molecule has 0 bridgehead atoms. The lowest BCUT2D eigenvalue weighted by molar-refractivity contribution is 0.138. The lowest BCUT2D eigenvalue weighted by atomic mass is 10.1. The van der Waals surface area contributed by atoms with Gasteiger partial charge in [-0.1, -0.05) is 17.7 Å². The Hall–Kier alpha value is -0.680. The minimum absolute atomic E-state index is 0.176. The van der Waals surface area contributed by atoms with Crippen molar-refractivity contribution in [1.82, 2.24) is 10.2 Å². The van der Waals surface area contributed by atoms with Gasteiger partial charge in [-0.05, 0) is 37.1 Å². The summed E-state index contributed by atoms with van der Waals surface area (Å²) >= 11 is 5.72. The predicted octanol–water partition coefficient (Wildman–Crippen LogP) is 2.68. The van der Waals surface area contributed by atoms with Gasteiger partial charge in [0.05, 0.1) is 11.6 Å². The molecule has 1 heterocycles. The summed E-state index contributed by atoms with van der Waals surface area (Å²) in [6.07, 6.45) is 2.44. The molecule has 0 amide bonds. The van der Waals surface area contributed by atoms with Crippen LogP contribution in [0.25, 0.3) is 0 Å². The SMILES string of the molecule is COCCN(Cc1ccc(Cl)c(F)c1)CC1CCCN1. The van der Waals surface area contributed by atoms with Crippen LogP contribution in [0.15, 0.2) is 18.2 Å². The van der Waals surface area contributed by atoms with Gasteiger partial charge in [0.2, 0.25) is 0 Å². The van der Waals surface area contributed by atoms with Gasteiger partial charge < -0.3 is 10.1 Å². The molecule has 1 saturated heterocycles. The summed E-state index contributed by atoms with van der Waals surface area (Å²) < 4.78 is 18.7. The number of hydrogen-bond donors (Lipinski definition) is 1. The lowest BCUT2D eigenvalue weighted by Crippen LogP contribution is -2.38. The topological polar surface area (TPSA) is 24.5 Å². The second-order valence-corrected chi connectivity index (χ2v) is 5.68. The number of rotatable bonds is 7. The largest absolute Gasteiger partial charge is 0.383 e. The van der Waals surface area contributed by atoms with Gasteiger partial charge in [0.25, 0.3) is 0 Å². The van der Waals surface area contributed by atoms with Crippen molar-refractivity contribution in [1.29, 1.82) is 0 Å². The van der Waals surface area contributed by atoms with Crippen LogP contribution in [-0.4, -0.2) is 44.3 Å². The number of methoxy groups -OCH3 is 1. The summed E-state index contributed by atoms with van der Waals surface area (Å²) in [6, 6.07) is 5.55. The molecular weight excluding hydrogens is 279 g/mol. The minimum atomic E-state index is -0.352. The number of halogens is 2. The fourth-order valence-electron chi connectivity index (χ4n) is 2.58. The van der Waals surface area contributed by atoms with Crippen LogP contribution in [0.1, 0.15) is 18.4 Å². The first-order chi connectivity index (χ1) is 9.69. The zero-order valence-electron chi connectivity index (χ0n) is 11.9. The molecule has 0 saturated carbocycles. The summed E-state index contributed by atoms with van der Waals surface area (Å²) in [7, 11) is 1.70. The molecule has 1 aromatic carbocycles. The van der Waals surface area contributed by atoms with Crippen molar-refractivity contribution in [3.63, 3.8) is 0 Å². The second-order valence-electron chi connectivity index (χ2n) is 5.27. The first-order valence-corrected chi connectivity index (χ1v) is 7.45. The van der Waals surface area contributed by atoms with Crippen LogP contribution < -0.4 is 5.32 Å². The van der Waals surface area contributed by atoms with Crippen molar-refractivity contribution in [3.8, 4) is 0 Å². The highest BCUT2D eigenvalue weighted by molar-refractivity contribution is 6.30. The monoisotopic (exact) mass is 300 g/mol. The third-order valence-electron chi connectivity index (χ3n) is 3.64. The highest BCUT2D eigenvalue weighted by Crippen LogP contribution is 2.17. The standard InChI is InChI=1S/C15H22ClFN2O/c1-20-8-7-19(11-13-3-2-6-18-13)10-12-4-5-14(16)15(17)9-12/h4-5,9,13,18H,2-3,6-8,10-11H2,1H3. The van der Waals surface area contributed by atoms with Gasteiger partial charge in [0, 0.05) is 32.8 Å². The van der Waals surface area contributed by atoms with E-state index in [1.165, 1.54) is 18.9 Å². The quantitative estimate of drug-likeness (QED) is 0.838. The molecule has 0 spiro atoms. The van der Waals surface area contributed by atoms with Crippen LogP contribution >= 0.6 is 11.6 Å². The van der Waals surface area contributed by atoms with E-state index >= 15 is 0 Å². The highest BCUT2D eigenvalue weighted by atomic mass is 35.5. The molecule has 0 radical (unpaired) electrons. The molecule has 1 fully saturated rings. The number of hydrogen-bond acceptors (Lipinski definition) is 3. The van der Waals surface area contributed by atoms with Crippen LogP contribution in [0.2, 0.25) is 5.02 Å². The second kappa shape index (κ2) is 7.93. The van der Waals surface area contributed by atoms with Crippen molar-refractivity contribution >= 4 is 11.6 Å². The van der Waals surface area contributed by atoms with Crippen molar-refractivity contribution in [2.45, 2.75) is 25.4 Å². The van der Waals surface area contributed by atoms with Gasteiger partial charge in [-0.2, -0.15) is 0 Å². The normalized spacial score (nSPS) is 18.9. The van der Waals surface area contributed by atoms with Gasteiger partial charge in [-0.15, -0.1) is 0 Å². The first-order valence-electron chi connectivity index (χ1n) is 7.07.